The van der Waals surface area contributed by atoms with Crippen molar-refractivity contribution >= 4 is 5.69 Å². The quantitative estimate of drug-likeness (QED) is 0.753. The first-order valence-electron chi connectivity index (χ1n) is 8.40. The Balaban J connectivity index is 1.68. The van der Waals surface area contributed by atoms with E-state index in [1.165, 1.54) is 5.69 Å². The topological polar surface area (TPSA) is 78.8 Å². The van der Waals surface area contributed by atoms with Gasteiger partial charge in [-0.05, 0) is 45.8 Å². The first-order chi connectivity index (χ1) is 12.2. The predicted molar refractivity (Wildman–Crippen MR) is 92.5 cm³/mol. The highest BCUT2D eigenvalue weighted by Gasteiger charge is 2.10. The van der Waals surface area contributed by atoms with Gasteiger partial charge in [-0.25, -0.2) is 9.89 Å². The van der Waals surface area contributed by atoms with Crippen molar-refractivity contribution in [2.24, 2.45) is 0 Å². The van der Waals surface area contributed by atoms with Crippen molar-refractivity contribution in [2.75, 3.05) is 31.1 Å². The zero-order valence-electron chi connectivity index (χ0n) is 14.1. The van der Waals surface area contributed by atoms with Crippen LogP contribution in [0.1, 0.15) is 1.37 Å². The Hall–Kier alpha value is -2.93. The fraction of sp³-hybridized carbons (Fsp3) is 0.235. The van der Waals surface area contributed by atoms with Crippen LogP contribution in [0.5, 0.6) is 0 Å². The number of aromatic nitrogens is 4. The zero-order valence-corrected chi connectivity index (χ0v) is 13.1. The van der Waals surface area contributed by atoms with Gasteiger partial charge in [-0.2, -0.15) is 4.68 Å². The average Bonchev–Trinajstić information content (AvgIpc) is 3.09. The Morgan fingerprint density at radius 2 is 1.79 bits per heavy atom. The van der Waals surface area contributed by atoms with Crippen molar-refractivity contribution in [3.63, 3.8) is 0 Å². The molecular weight excluding hydrogens is 304 g/mol. The van der Waals surface area contributed by atoms with Crippen LogP contribution in [-0.4, -0.2) is 46.4 Å². The van der Waals surface area contributed by atoms with Gasteiger partial charge in [0.05, 0.1) is 7.06 Å². The third-order valence-corrected chi connectivity index (χ3v) is 4.14. The van der Waals surface area contributed by atoms with Crippen LogP contribution in [0.3, 0.4) is 0 Å². The number of nitrogens with zero attached hydrogens (tertiary/aromatic N) is 4. The fourth-order valence-electron chi connectivity index (χ4n) is 2.88. The SMILES string of the molecule is [2H]c1c(-c2ccc(N3CCNCC3)cc2)cccc1-n1nn[nH]c1=O. The van der Waals surface area contributed by atoms with Crippen LogP contribution in [0.15, 0.2) is 53.3 Å². The lowest BCUT2D eigenvalue weighted by molar-refractivity contribution is 0.589. The van der Waals surface area contributed by atoms with Crippen molar-refractivity contribution in [1.29, 1.82) is 0 Å². The summed E-state index contributed by atoms with van der Waals surface area (Å²) in [5.74, 6) is 0. The molecule has 0 spiro atoms. The molecule has 0 unspecified atom stereocenters. The average molecular weight is 323 g/mol. The molecular formula is C17H18N6O. The highest BCUT2D eigenvalue weighted by molar-refractivity contribution is 5.68. The number of hydrogen-bond donors (Lipinski definition) is 2. The fourth-order valence-corrected chi connectivity index (χ4v) is 2.88. The Morgan fingerprint density at radius 3 is 2.50 bits per heavy atom. The molecule has 7 nitrogen and oxygen atoms in total. The summed E-state index contributed by atoms with van der Waals surface area (Å²) >= 11 is 0. The van der Waals surface area contributed by atoms with Gasteiger partial charge in [0.15, 0.2) is 0 Å². The minimum absolute atomic E-state index is 0.244. The molecule has 2 aromatic carbocycles. The third kappa shape index (κ3) is 2.81. The first kappa shape index (κ1) is 13.5. The smallest absolute Gasteiger partial charge is 0.365 e. The lowest BCUT2D eigenvalue weighted by atomic mass is 10.0. The molecule has 0 aliphatic carbocycles. The van der Waals surface area contributed by atoms with Crippen molar-refractivity contribution in [1.82, 2.24) is 25.5 Å². The molecule has 4 rings (SSSR count). The van der Waals surface area contributed by atoms with Crippen molar-refractivity contribution in [2.45, 2.75) is 0 Å². The summed E-state index contributed by atoms with van der Waals surface area (Å²) in [6.45, 7) is 3.97. The third-order valence-electron chi connectivity index (χ3n) is 4.14. The van der Waals surface area contributed by atoms with Gasteiger partial charge in [0, 0.05) is 31.9 Å². The molecule has 7 heteroatoms. The summed E-state index contributed by atoms with van der Waals surface area (Å²) in [7, 11) is 0. The largest absolute Gasteiger partial charge is 0.369 e. The van der Waals surface area contributed by atoms with E-state index in [-0.39, 0.29) is 6.04 Å². The Bertz CT molecular complexity index is 927. The van der Waals surface area contributed by atoms with Gasteiger partial charge in [-0.15, -0.1) is 0 Å². The molecule has 1 aromatic heterocycles. The molecule has 1 aliphatic rings. The van der Waals surface area contributed by atoms with E-state index in [9.17, 15) is 4.79 Å². The number of hydrogen-bond acceptors (Lipinski definition) is 5. The van der Waals surface area contributed by atoms with E-state index in [2.05, 4.69) is 37.9 Å². The second-order valence-electron chi connectivity index (χ2n) is 5.65. The number of H-pyrrole nitrogens is 1. The van der Waals surface area contributed by atoms with E-state index in [0.29, 0.717) is 5.69 Å². The summed E-state index contributed by atoms with van der Waals surface area (Å²) in [5.41, 5.74) is 2.81. The zero-order chi connectivity index (χ0) is 17.2. The lowest BCUT2D eigenvalue weighted by Crippen LogP contribution is -2.43. The molecule has 2 heterocycles. The van der Waals surface area contributed by atoms with E-state index in [1.807, 2.05) is 24.3 Å². The summed E-state index contributed by atoms with van der Waals surface area (Å²) in [6.07, 6.45) is 0. The molecule has 1 saturated heterocycles. The van der Waals surface area contributed by atoms with Crippen LogP contribution >= 0.6 is 0 Å². The second-order valence-corrected chi connectivity index (χ2v) is 5.65. The van der Waals surface area contributed by atoms with E-state index < -0.39 is 5.69 Å². The number of piperazine rings is 1. The summed E-state index contributed by atoms with van der Waals surface area (Å²) in [4.78, 5) is 14.1. The van der Waals surface area contributed by atoms with Gasteiger partial charge in [-0.3, -0.25) is 0 Å². The molecule has 122 valence electrons. The maximum Gasteiger partial charge on any atom is 0.365 e. The molecule has 0 bridgehead atoms. The molecule has 0 saturated carbocycles. The Labute approximate surface area is 140 Å². The minimum Gasteiger partial charge on any atom is -0.369 e. The van der Waals surface area contributed by atoms with Crippen molar-refractivity contribution < 1.29 is 1.37 Å². The van der Waals surface area contributed by atoms with Gasteiger partial charge >= 0.3 is 5.69 Å². The lowest BCUT2D eigenvalue weighted by Gasteiger charge is -2.29. The van der Waals surface area contributed by atoms with Crippen LogP contribution in [0.4, 0.5) is 5.69 Å². The normalized spacial score (nSPS) is 15.3. The van der Waals surface area contributed by atoms with Gasteiger partial charge < -0.3 is 10.2 Å². The number of nitrogens with one attached hydrogen (secondary N) is 2. The number of anilines is 1. The maximum atomic E-state index is 11.7. The van der Waals surface area contributed by atoms with Gasteiger partial charge in [0.25, 0.3) is 0 Å². The number of aromatic amines is 1. The molecule has 0 radical (unpaired) electrons. The number of benzene rings is 2. The molecule has 2 N–H and O–H groups in total. The van der Waals surface area contributed by atoms with E-state index in [0.717, 1.165) is 42.0 Å². The molecule has 3 aromatic rings. The number of tetrazole rings is 1. The van der Waals surface area contributed by atoms with E-state index in [1.54, 1.807) is 6.07 Å². The standard InChI is InChI=1S/C17H18N6O/c24-17-19-20-21-23(17)16-3-1-2-14(12-16)13-4-6-15(7-5-13)22-10-8-18-9-11-22/h1-7,12,18H,8-11H2,(H,19,21,24)/i12D. The van der Waals surface area contributed by atoms with E-state index >= 15 is 0 Å². The highest BCUT2D eigenvalue weighted by Crippen LogP contribution is 2.24. The summed E-state index contributed by atoms with van der Waals surface area (Å²) < 4.78 is 9.54. The Kier molecular flexibility index (Phi) is 3.54. The van der Waals surface area contributed by atoms with E-state index in [4.69, 9.17) is 1.37 Å². The monoisotopic (exact) mass is 323 g/mol. The van der Waals surface area contributed by atoms with Crippen molar-refractivity contribution in [3.8, 4) is 16.8 Å². The van der Waals surface area contributed by atoms with Crippen LogP contribution in [-0.2, 0) is 0 Å². The van der Waals surface area contributed by atoms with Gasteiger partial charge in [0.1, 0.15) is 0 Å². The maximum absolute atomic E-state index is 11.7. The molecule has 0 amide bonds. The highest BCUT2D eigenvalue weighted by atomic mass is 16.2. The minimum atomic E-state index is -0.459. The molecule has 1 fully saturated rings. The molecule has 24 heavy (non-hydrogen) atoms. The van der Waals surface area contributed by atoms with Gasteiger partial charge in [0.2, 0.25) is 0 Å². The van der Waals surface area contributed by atoms with Gasteiger partial charge in [-0.1, -0.05) is 24.3 Å². The summed E-state index contributed by atoms with van der Waals surface area (Å²) in [6, 6.07) is 13.8. The van der Waals surface area contributed by atoms with Crippen molar-refractivity contribution in [3.05, 3.63) is 59.0 Å². The second kappa shape index (κ2) is 6.29. The van der Waals surface area contributed by atoms with Crippen LogP contribution < -0.4 is 15.9 Å². The van der Waals surface area contributed by atoms with Crippen LogP contribution in [0, 0.1) is 0 Å². The first-order valence-corrected chi connectivity index (χ1v) is 7.90. The number of rotatable bonds is 3. The Morgan fingerprint density at radius 1 is 1.00 bits per heavy atom. The summed E-state index contributed by atoms with van der Waals surface area (Å²) in [5, 5.41) is 12.8. The van der Waals surface area contributed by atoms with Crippen LogP contribution in [0.2, 0.25) is 0 Å². The predicted octanol–water partition coefficient (Wildman–Crippen LogP) is 1.03. The molecule has 0 atom stereocenters. The molecule has 1 aliphatic heterocycles. The van der Waals surface area contributed by atoms with Crippen LogP contribution in [0.25, 0.3) is 16.8 Å².